The van der Waals surface area contributed by atoms with Gasteiger partial charge in [0, 0.05) is 5.92 Å². The Kier molecular flexibility index (Phi) is 2.52. The van der Waals surface area contributed by atoms with Crippen molar-refractivity contribution in [1.29, 1.82) is 0 Å². The van der Waals surface area contributed by atoms with Gasteiger partial charge in [0.25, 0.3) is 6.01 Å². The maximum Gasteiger partial charge on any atom is 0.292 e. The van der Waals surface area contributed by atoms with E-state index in [2.05, 4.69) is 4.98 Å². The summed E-state index contributed by atoms with van der Waals surface area (Å²) in [5, 5.41) is 0. The Morgan fingerprint density at radius 1 is 1.23 bits per heavy atom. The van der Waals surface area contributed by atoms with Crippen LogP contribution in [0.4, 0.5) is 6.01 Å². The fourth-order valence-electron chi connectivity index (χ4n) is 2.06. The summed E-state index contributed by atoms with van der Waals surface area (Å²) in [7, 11) is 0. The summed E-state index contributed by atoms with van der Waals surface area (Å²) in [4.78, 5) is 4.19. The van der Waals surface area contributed by atoms with Crippen LogP contribution in [-0.4, -0.2) is 4.98 Å². The fourth-order valence-corrected chi connectivity index (χ4v) is 2.06. The Balaban J connectivity index is 2.06. The van der Waals surface area contributed by atoms with Gasteiger partial charge in [-0.25, -0.2) is 0 Å². The zero-order chi connectivity index (χ0) is 9.10. The molecule has 3 nitrogen and oxygen atoms in total. The maximum absolute atomic E-state index is 5.45. The molecular formula is C10H16N2O. The van der Waals surface area contributed by atoms with Crippen molar-refractivity contribution in [2.45, 2.75) is 44.4 Å². The second-order valence-electron chi connectivity index (χ2n) is 3.80. The molecule has 1 aromatic rings. The number of oxazole rings is 1. The van der Waals surface area contributed by atoms with E-state index in [1.165, 1.54) is 38.5 Å². The van der Waals surface area contributed by atoms with Crippen molar-refractivity contribution in [2.75, 3.05) is 5.73 Å². The molecule has 1 heterocycles. The Morgan fingerprint density at radius 2 is 1.92 bits per heavy atom. The lowest BCUT2D eigenvalue weighted by atomic mass is 9.97. The lowest BCUT2D eigenvalue weighted by Gasteiger charge is -2.08. The topological polar surface area (TPSA) is 52.0 Å². The molecule has 1 aromatic heterocycles. The smallest absolute Gasteiger partial charge is 0.292 e. The first-order valence-electron chi connectivity index (χ1n) is 5.07. The molecular weight excluding hydrogens is 164 g/mol. The van der Waals surface area contributed by atoms with Gasteiger partial charge in [-0.05, 0) is 12.8 Å². The first kappa shape index (κ1) is 8.60. The minimum Gasteiger partial charge on any atom is -0.432 e. The lowest BCUT2D eigenvalue weighted by Crippen LogP contribution is -1.97. The van der Waals surface area contributed by atoms with Crippen molar-refractivity contribution in [3.63, 3.8) is 0 Å². The molecule has 0 amide bonds. The van der Waals surface area contributed by atoms with Crippen LogP contribution in [0.5, 0.6) is 0 Å². The molecule has 0 unspecified atom stereocenters. The Hall–Kier alpha value is -0.990. The molecule has 1 fully saturated rings. The zero-order valence-electron chi connectivity index (χ0n) is 7.83. The van der Waals surface area contributed by atoms with Gasteiger partial charge in [-0.2, -0.15) is 4.98 Å². The molecule has 0 radical (unpaired) electrons. The summed E-state index contributed by atoms with van der Waals surface area (Å²) >= 11 is 0. The quantitative estimate of drug-likeness (QED) is 0.676. The predicted molar refractivity (Wildman–Crippen MR) is 51.4 cm³/mol. The lowest BCUT2D eigenvalue weighted by molar-refractivity contribution is 0.554. The highest BCUT2D eigenvalue weighted by atomic mass is 16.4. The highest BCUT2D eigenvalue weighted by molar-refractivity contribution is 5.15. The number of aromatic nitrogens is 1. The van der Waals surface area contributed by atoms with Gasteiger partial charge in [-0.15, -0.1) is 0 Å². The van der Waals surface area contributed by atoms with E-state index in [0.717, 1.165) is 5.69 Å². The third-order valence-electron chi connectivity index (χ3n) is 2.81. The van der Waals surface area contributed by atoms with Crippen LogP contribution in [0, 0.1) is 0 Å². The molecule has 3 heteroatoms. The monoisotopic (exact) mass is 180 g/mol. The molecule has 1 aliphatic rings. The summed E-state index contributed by atoms with van der Waals surface area (Å²) < 4.78 is 5.03. The van der Waals surface area contributed by atoms with Crippen molar-refractivity contribution in [3.8, 4) is 0 Å². The van der Waals surface area contributed by atoms with E-state index in [-0.39, 0.29) is 0 Å². The summed E-state index contributed by atoms with van der Waals surface area (Å²) in [5.41, 5.74) is 6.50. The van der Waals surface area contributed by atoms with Crippen LogP contribution in [0.25, 0.3) is 0 Å². The van der Waals surface area contributed by atoms with Crippen LogP contribution in [0.3, 0.4) is 0 Å². The molecule has 2 rings (SSSR count). The first-order valence-corrected chi connectivity index (χ1v) is 5.07. The molecule has 72 valence electrons. The average Bonchev–Trinajstić information content (AvgIpc) is 2.43. The van der Waals surface area contributed by atoms with Gasteiger partial charge in [0.15, 0.2) is 0 Å². The van der Waals surface area contributed by atoms with Crippen LogP contribution >= 0.6 is 0 Å². The number of rotatable bonds is 1. The highest BCUT2D eigenvalue weighted by Crippen LogP contribution is 2.31. The van der Waals surface area contributed by atoms with E-state index in [9.17, 15) is 0 Å². The average molecular weight is 180 g/mol. The van der Waals surface area contributed by atoms with Crippen LogP contribution in [0.1, 0.15) is 50.1 Å². The van der Waals surface area contributed by atoms with Crippen molar-refractivity contribution < 1.29 is 4.42 Å². The van der Waals surface area contributed by atoms with Gasteiger partial charge in [0.05, 0.1) is 5.69 Å². The molecule has 1 aliphatic carbocycles. The van der Waals surface area contributed by atoms with E-state index in [1.54, 1.807) is 6.26 Å². The summed E-state index contributed by atoms with van der Waals surface area (Å²) in [6, 6.07) is 0.305. The van der Waals surface area contributed by atoms with Gasteiger partial charge in [0.1, 0.15) is 6.26 Å². The van der Waals surface area contributed by atoms with Gasteiger partial charge in [0.2, 0.25) is 0 Å². The van der Waals surface area contributed by atoms with Gasteiger partial charge >= 0.3 is 0 Å². The van der Waals surface area contributed by atoms with Crippen LogP contribution in [-0.2, 0) is 0 Å². The molecule has 0 bridgehead atoms. The van der Waals surface area contributed by atoms with Crippen molar-refractivity contribution in [1.82, 2.24) is 4.98 Å². The molecule has 1 saturated carbocycles. The number of nitrogen functional groups attached to an aromatic ring is 1. The van der Waals surface area contributed by atoms with E-state index in [0.29, 0.717) is 11.9 Å². The molecule has 13 heavy (non-hydrogen) atoms. The summed E-state index contributed by atoms with van der Waals surface area (Å²) in [5.74, 6) is 0.587. The Bertz CT molecular complexity index is 262. The molecule has 0 aromatic carbocycles. The number of hydrogen-bond donors (Lipinski definition) is 1. The van der Waals surface area contributed by atoms with Crippen LogP contribution in [0.2, 0.25) is 0 Å². The maximum atomic E-state index is 5.45. The predicted octanol–water partition coefficient (Wildman–Crippen LogP) is 2.69. The van der Waals surface area contributed by atoms with Crippen molar-refractivity contribution in [2.24, 2.45) is 0 Å². The first-order chi connectivity index (χ1) is 6.36. The summed E-state index contributed by atoms with van der Waals surface area (Å²) in [6.45, 7) is 0. The molecule has 0 atom stereocenters. The Morgan fingerprint density at radius 3 is 2.46 bits per heavy atom. The third-order valence-corrected chi connectivity index (χ3v) is 2.81. The normalized spacial score (nSPS) is 20.0. The minimum atomic E-state index is 0.305. The number of hydrogen-bond acceptors (Lipinski definition) is 3. The number of nitrogens with two attached hydrogens (primary N) is 1. The summed E-state index contributed by atoms with van der Waals surface area (Å²) in [6.07, 6.45) is 9.56. The second kappa shape index (κ2) is 3.81. The third kappa shape index (κ3) is 2.02. The SMILES string of the molecule is Nc1nc(C2CCCCCC2)co1. The molecule has 0 spiro atoms. The van der Waals surface area contributed by atoms with E-state index in [1.807, 2.05) is 0 Å². The van der Waals surface area contributed by atoms with Crippen LogP contribution in [0.15, 0.2) is 10.7 Å². The van der Waals surface area contributed by atoms with E-state index < -0.39 is 0 Å². The van der Waals surface area contributed by atoms with E-state index >= 15 is 0 Å². The zero-order valence-corrected chi connectivity index (χ0v) is 7.83. The van der Waals surface area contributed by atoms with Gasteiger partial charge in [-0.1, -0.05) is 25.7 Å². The molecule has 0 aliphatic heterocycles. The van der Waals surface area contributed by atoms with Crippen LogP contribution < -0.4 is 5.73 Å². The minimum absolute atomic E-state index is 0.305. The molecule has 0 saturated heterocycles. The largest absolute Gasteiger partial charge is 0.432 e. The van der Waals surface area contributed by atoms with Gasteiger partial charge in [-0.3, -0.25) is 0 Å². The second-order valence-corrected chi connectivity index (χ2v) is 3.80. The van der Waals surface area contributed by atoms with Crippen molar-refractivity contribution in [3.05, 3.63) is 12.0 Å². The van der Waals surface area contributed by atoms with Gasteiger partial charge < -0.3 is 10.2 Å². The number of nitrogens with zero attached hydrogens (tertiary/aromatic N) is 1. The Labute approximate surface area is 78.3 Å². The molecule has 2 N–H and O–H groups in total. The highest BCUT2D eigenvalue weighted by Gasteiger charge is 2.17. The standard InChI is InChI=1S/C10H16N2O/c11-10-12-9(7-13-10)8-5-3-1-2-4-6-8/h7-8H,1-6H2,(H2,11,12). The number of anilines is 1. The van der Waals surface area contributed by atoms with E-state index in [4.69, 9.17) is 10.2 Å². The fraction of sp³-hybridized carbons (Fsp3) is 0.700. The van der Waals surface area contributed by atoms with Crippen molar-refractivity contribution >= 4 is 6.01 Å².